The average Bonchev–Trinajstić information content (AvgIpc) is 2.47. The minimum absolute atomic E-state index is 0.122. The summed E-state index contributed by atoms with van der Waals surface area (Å²) in [6, 6.07) is 0.790. The number of nitrogens with zero attached hydrogens (tertiary/aromatic N) is 1. The fourth-order valence-corrected chi connectivity index (χ4v) is 2.92. The molecule has 0 heterocycles. The van der Waals surface area contributed by atoms with Crippen molar-refractivity contribution in [2.75, 3.05) is 33.2 Å². The monoisotopic (exact) mass is 297 g/mol. The smallest absolute Gasteiger partial charge is 0.233 e. The van der Waals surface area contributed by atoms with E-state index in [4.69, 9.17) is 0 Å². The van der Waals surface area contributed by atoms with E-state index in [9.17, 15) is 4.79 Å². The van der Waals surface area contributed by atoms with E-state index >= 15 is 0 Å². The summed E-state index contributed by atoms with van der Waals surface area (Å²) in [6.45, 7) is 7.65. The van der Waals surface area contributed by atoms with E-state index in [-0.39, 0.29) is 5.91 Å². The Morgan fingerprint density at radius 2 is 1.90 bits per heavy atom. The van der Waals surface area contributed by atoms with Gasteiger partial charge in [-0.15, -0.1) is 0 Å². The van der Waals surface area contributed by atoms with Crippen molar-refractivity contribution in [2.24, 2.45) is 5.92 Å². The van der Waals surface area contributed by atoms with Gasteiger partial charge in [-0.25, -0.2) is 0 Å². The van der Waals surface area contributed by atoms with Crippen molar-refractivity contribution in [2.45, 2.75) is 64.8 Å². The summed E-state index contributed by atoms with van der Waals surface area (Å²) >= 11 is 0. The topological polar surface area (TPSA) is 44.4 Å². The van der Waals surface area contributed by atoms with Crippen molar-refractivity contribution in [1.82, 2.24) is 15.5 Å². The summed E-state index contributed by atoms with van der Waals surface area (Å²) in [4.78, 5) is 14.1. The van der Waals surface area contributed by atoms with Crippen LogP contribution in [-0.2, 0) is 4.79 Å². The molecule has 0 saturated heterocycles. The predicted molar refractivity (Wildman–Crippen MR) is 89.5 cm³/mol. The summed E-state index contributed by atoms with van der Waals surface area (Å²) in [7, 11) is 2.24. The lowest BCUT2D eigenvalue weighted by Gasteiger charge is -2.31. The molecule has 1 amide bonds. The lowest BCUT2D eigenvalue weighted by atomic mass is 9.94. The first kappa shape index (κ1) is 18.4. The predicted octanol–water partition coefficient (Wildman–Crippen LogP) is 2.39. The Morgan fingerprint density at radius 1 is 1.19 bits per heavy atom. The van der Waals surface area contributed by atoms with Crippen LogP contribution in [0.1, 0.15) is 58.8 Å². The molecule has 1 aliphatic rings. The Morgan fingerprint density at radius 3 is 2.57 bits per heavy atom. The summed E-state index contributed by atoms with van der Waals surface area (Å²) in [5.74, 6) is 0.768. The van der Waals surface area contributed by atoms with Crippen LogP contribution in [-0.4, -0.2) is 50.1 Å². The number of hydrogen-bond acceptors (Lipinski definition) is 3. The molecule has 4 heteroatoms. The molecule has 1 saturated carbocycles. The Balaban J connectivity index is 1.94. The standard InChI is InChI=1S/C17H35N3O/c1-15(2)10-12-19-17(21)14-18-11-7-13-20(3)16-8-5-4-6-9-16/h15-16,18H,4-14H2,1-3H3,(H,19,21). The SMILES string of the molecule is CC(C)CCNC(=O)CNCCCN(C)C1CCCCC1. The van der Waals surface area contributed by atoms with Gasteiger partial charge < -0.3 is 15.5 Å². The third-order valence-electron chi connectivity index (χ3n) is 4.39. The third-order valence-corrected chi connectivity index (χ3v) is 4.39. The van der Waals surface area contributed by atoms with Crippen molar-refractivity contribution in [1.29, 1.82) is 0 Å². The van der Waals surface area contributed by atoms with Crippen molar-refractivity contribution >= 4 is 5.91 Å². The van der Waals surface area contributed by atoms with Crippen LogP contribution in [0, 0.1) is 5.92 Å². The molecule has 0 spiro atoms. The molecule has 1 fully saturated rings. The fourth-order valence-electron chi connectivity index (χ4n) is 2.92. The molecule has 0 aliphatic heterocycles. The molecule has 1 aliphatic carbocycles. The van der Waals surface area contributed by atoms with E-state index in [1.807, 2.05) is 0 Å². The molecule has 1 rings (SSSR count). The van der Waals surface area contributed by atoms with Gasteiger partial charge in [-0.3, -0.25) is 4.79 Å². The molecule has 4 nitrogen and oxygen atoms in total. The number of hydrogen-bond donors (Lipinski definition) is 2. The Hall–Kier alpha value is -0.610. The molecule has 0 radical (unpaired) electrons. The quantitative estimate of drug-likeness (QED) is 0.609. The van der Waals surface area contributed by atoms with Crippen molar-refractivity contribution < 1.29 is 4.79 Å². The largest absolute Gasteiger partial charge is 0.355 e. The molecular weight excluding hydrogens is 262 g/mol. The van der Waals surface area contributed by atoms with Gasteiger partial charge in [0, 0.05) is 12.6 Å². The molecule has 0 bridgehead atoms. The summed E-state index contributed by atoms with van der Waals surface area (Å²) < 4.78 is 0. The third kappa shape index (κ3) is 9.10. The van der Waals surface area contributed by atoms with E-state index < -0.39 is 0 Å². The van der Waals surface area contributed by atoms with Crippen molar-refractivity contribution in [3.05, 3.63) is 0 Å². The highest BCUT2D eigenvalue weighted by atomic mass is 16.1. The molecular formula is C17H35N3O. The molecule has 0 aromatic rings. The van der Waals surface area contributed by atoms with E-state index in [1.165, 1.54) is 32.1 Å². The molecule has 0 atom stereocenters. The van der Waals surface area contributed by atoms with Crippen LogP contribution in [0.25, 0.3) is 0 Å². The molecule has 21 heavy (non-hydrogen) atoms. The van der Waals surface area contributed by atoms with E-state index in [1.54, 1.807) is 0 Å². The van der Waals surface area contributed by atoms with Gasteiger partial charge in [0.05, 0.1) is 6.54 Å². The zero-order valence-corrected chi connectivity index (χ0v) is 14.3. The van der Waals surface area contributed by atoms with Crippen LogP contribution in [0.2, 0.25) is 0 Å². The first-order valence-electron chi connectivity index (χ1n) is 8.77. The molecule has 0 aromatic heterocycles. The maximum atomic E-state index is 11.6. The summed E-state index contributed by atoms with van der Waals surface area (Å²) in [5.41, 5.74) is 0. The second kappa shape index (κ2) is 11.0. The number of nitrogens with one attached hydrogen (secondary N) is 2. The first-order chi connectivity index (χ1) is 10.1. The highest BCUT2D eigenvalue weighted by molar-refractivity contribution is 5.77. The van der Waals surface area contributed by atoms with Gasteiger partial charge in [0.2, 0.25) is 5.91 Å². The maximum Gasteiger partial charge on any atom is 0.233 e. The van der Waals surface area contributed by atoms with Crippen molar-refractivity contribution in [3.8, 4) is 0 Å². The van der Waals surface area contributed by atoms with E-state index in [2.05, 4.69) is 36.4 Å². The Kier molecular flexibility index (Phi) is 9.68. The molecule has 2 N–H and O–H groups in total. The van der Waals surface area contributed by atoms with Gasteiger partial charge in [-0.1, -0.05) is 33.1 Å². The second-order valence-corrected chi connectivity index (χ2v) is 6.84. The first-order valence-corrected chi connectivity index (χ1v) is 8.77. The number of carbonyl (C=O) groups excluding carboxylic acids is 1. The van der Waals surface area contributed by atoms with Crippen LogP contribution in [0.3, 0.4) is 0 Å². The zero-order valence-electron chi connectivity index (χ0n) is 14.3. The number of amides is 1. The van der Waals surface area contributed by atoms with Gasteiger partial charge in [0.25, 0.3) is 0 Å². The highest BCUT2D eigenvalue weighted by Gasteiger charge is 2.17. The maximum absolute atomic E-state index is 11.6. The average molecular weight is 297 g/mol. The lowest BCUT2D eigenvalue weighted by Crippen LogP contribution is -2.37. The van der Waals surface area contributed by atoms with Gasteiger partial charge in [-0.2, -0.15) is 0 Å². The fraction of sp³-hybridized carbons (Fsp3) is 0.941. The van der Waals surface area contributed by atoms with Crippen LogP contribution < -0.4 is 10.6 Å². The summed E-state index contributed by atoms with van der Waals surface area (Å²) in [5, 5.41) is 6.20. The lowest BCUT2D eigenvalue weighted by molar-refractivity contribution is -0.120. The van der Waals surface area contributed by atoms with E-state index in [0.717, 1.165) is 38.5 Å². The Bertz CT molecular complexity index is 275. The highest BCUT2D eigenvalue weighted by Crippen LogP contribution is 2.21. The molecule has 124 valence electrons. The van der Waals surface area contributed by atoms with Crippen molar-refractivity contribution in [3.63, 3.8) is 0 Å². The van der Waals surface area contributed by atoms with Crippen LogP contribution in [0.15, 0.2) is 0 Å². The van der Waals surface area contributed by atoms with Gasteiger partial charge >= 0.3 is 0 Å². The zero-order chi connectivity index (χ0) is 15.5. The minimum atomic E-state index is 0.122. The molecule has 0 aromatic carbocycles. The minimum Gasteiger partial charge on any atom is -0.355 e. The number of rotatable bonds is 10. The van der Waals surface area contributed by atoms with Crippen LogP contribution >= 0.6 is 0 Å². The second-order valence-electron chi connectivity index (χ2n) is 6.84. The normalized spacial score (nSPS) is 16.6. The van der Waals surface area contributed by atoms with Crippen LogP contribution in [0.4, 0.5) is 0 Å². The Labute approximate surface area is 131 Å². The number of carbonyl (C=O) groups is 1. The van der Waals surface area contributed by atoms with Gasteiger partial charge in [0.15, 0.2) is 0 Å². The summed E-state index contributed by atoms with van der Waals surface area (Å²) in [6.07, 6.45) is 9.10. The molecule has 0 unspecified atom stereocenters. The van der Waals surface area contributed by atoms with Gasteiger partial charge in [0.1, 0.15) is 0 Å². The van der Waals surface area contributed by atoms with E-state index in [0.29, 0.717) is 12.5 Å². The van der Waals surface area contributed by atoms with Gasteiger partial charge in [-0.05, 0) is 51.7 Å². The van der Waals surface area contributed by atoms with Crippen LogP contribution in [0.5, 0.6) is 0 Å².